The molecule has 170 valence electrons. The van der Waals surface area contributed by atoms with Crippen molar-refractivity contribution in [1.82, 2.24) is 14.6 Å². The molecule has 0 fully saturated rings. The Balaban J connectivity index is 1.80. The second kappa shape index (κ2) is 9.47. The summed E-state index contributed by atoms with van der Waals surface area (Å²) in [4.78, 5) is 35.6. The van der Waals surface area contributed by atoms with E-state index in [0.29, 0.717) is 17.8 Å². The van der Waals surface area contributed by atoms with Crippen LogP contribution in [0.15, 0.2) is 52.5 Å². The number of aromatic nitrogens is 1. The highest BCUT2D eigenvalue weighted by Crippen LogP contribution is 2.24. The number of aryl methyl sites for hydroxylation is 1. The van der Waals surface area contributed by atoms with Crippen molar-refractivity contribution < 1.29 is 18.0 Å². The molecule has 0 radical (unpaired) electrons. The summed E-state index contributed by atoms with van der Waals surface area (Å²) in [7, 11) is -2.19. The smallest absolute Gasteiger partial charge is 0.263 e. The number of amidine groups is 1. The maximum atomic E-state index is 13.2. The number of anilines is 1. The van der Waals surface area contributed by atoms with Crippen LogP contribution in [0.1, 0.15) is 31.4 Å². The molecule has 2 heterocycles. The van der Waals surface area contributed by atoms with E-state index < -0.39 is 16.1 Å². The van der Waals surface area contributed by atoms with Crippen molar-refractivity contribution in [2.45, 2.75) is 38.1 Å². The minimum Gasteiger partial charge on any atom is -0.335 e. The average Bonchev–Trinajstić information content (AvgIpc) is 3.01. The minimum absolute atomic E-state index is 0.132. The summed E-state index contributed by atoms with van der Waals surface area (Å²) in [6.07, 6.45) is 2.24. The first-order valence-electron chi connectivity index (χ1n) is 10.3. The number of sulfonamides is 1. The second-order valence-corrected chi connectivity index (χ2v) is 9.52. The minimum atomic E-state index is -3.71. The molecule has 9 nitrogen and oxygen atoms in total. The number of nitrogens with zero attached hydrogens (tertiary/aromatic N) is 3. The second-order valence-electron chi connectivity index (χ2n) is 7.87. The number of benzene rings is 1. The number of rotatable bonds is 7. The monoisotopic (exact) mass is 457 g/mol. The molecule has 0 saturated carbocycles. The van der Waals surface area contributed by atoms with Gasteiger partial charge in [0.25, 0.3) is 10.0 Å². The van der Waals surface area contributed by atoms with Crippen molar-refractivity contribution in [2.75, 3.05) is 18.9 Å². The first kappa shape index (κ1) is 23.4. The molecule has 1 aromatic carbocycles. The zero-order chi connectivity index (χ0) is 23.5. The number of likely N-dealkylation sites (N-methyl/N-ethyl adjacent to an activating group) is 1. The summed E-state index contributed by atoms with van der Waals surface area (Å²) >= 11 is 0. The third kappa shape index (κ3) is 5.13. The van der Waals surface area contributed by atoms with Gasteiger partial charge >= 0.3 is 0 Å². The molecular weight excluding hydrogens is 430 g/mol. The lowest BCUT2D eigenvalue weighted by Gasteiger charge is -2.25. The Morgan fingerprint density at radius 1 is 1.25 bits per heavy atom. The Morgan fingerprint density at radius 3 is 2.66 bits per heavy atom. The molecule has 0 saturated heterocycles. The highest BCUT2D eigenvalue weighted by atomic mass is 32.2. The van der Waals surface area contributed by atoms with Gasteiger partial charge in [0.1, 0.15) is 17.7 Å². The van der Waals surface area contributed by atoms with Gasteiger partial charge in [-0.2, -0.15) is 0 Å². The van der Waals surface area contributed by atoms with E-state index in [1.54, 1.807) is 30.5 Å². The van der Waals surface area contributed by atoms with Gasteiger partial charge in [-0.15, -0.1) is 0 Å². The van der Waals surface area contributed by atoms with E-state index in [4.69, 9.17) is 0 Å². The Labute approximate surface area is 188 Å². The number of aliphatic imine (C=N–C) groups is 1. The van der Waals surface area contributed by atoms with Gasteiger partial charge in [0.15, 0.2) is 0 Å². The van der Waals surface area contributed by atoms with Crippen molar-refractivity contribution in [3.63, 3.8) is 0 Å². The summed E-state index contributed by atoms with van der Waals surface area (Å²) < 4.78 is 27.2. The van der Waals surface area contributed by atoms with Crippen LogP contribution < -0.4 is 10.0 Å². The van der Waals surface area contributed by atoms with Gasteiger partial charge in [-0.1, -0.05) is 32.4 Å². The topological polar surface area (TPSA) is 121 Å². The molecule has 0 unspecified atom stereocenters. The molecule has 0 bridgehead atoms. The quantitative estimate of drug-likeness (QED) is 0.658. The number of fused-ring (bicyclic) bond motifs is 1. The van der Waals surface area contributed by atoms with Crippen molar-refractivity contribution >= 4 is 33.5 Å². The van der Waals surface area contributed by atoms with Gasteiger partial charge in [-0.05, 0) is 42.7 Å². The van der Waals surface area contributed by atoms with Gasteiger partial charge in [-0.25, -0.2) is 13.4 Å². The highest BCUT2D eigenvalue weighted by Gasteiger charge is 2.34. The molecule has 0 aliphatic carbocycles. The summed E-state index contributed by atoms with van der Waals surface area (Å²) in [5.41, 5.74) is 1.38. The third-order valence-electron chi connectivity index (χ3n) is 5.31. The van der Waals surface area contributed by atoms with E-state index in [0.717, 1.165) is 5.56 Å². The summed E-state index contributed by atoms with van der Waals surface area (Å²) in [6, 6.07) is 9.19. The lowest BCUT2D eigenvalue weighted by atomic mass is 9.98. The van der Waals surface area contributed by atoms with E-state index in [1.807, 2.05) is 26.8 Å². The first-order valence-corrected chi connectivity index (χ1v) is 11.8. The Hall–Kier alpha value is -3.27. The lowest BCUT2D eigenvalue weighted by Crippen LogP contribution is -2.43. The maximum absolute atomic E-state index is 13.2. The van der Waals surface area contributed by atoms with Crippen LogP contribution in [0.4, 0.5) is 5.82 Å². The van der Waals surface area contributed by atoms with Crippen LogP contribution in [0.25, 0.3) is 0 Å². The molecule has 1 aliphatic rings. The SMILES string of the molecule is CC[C@H](C)[C@H](N=C1NS(=O)(=O)c2ccccc21)C(=O)N(C)CC(=O)Nc1cc(C)ccn1. The van der Waals surface area contributed by atoms with Gasteiger partial charge in [0, 0.05) is 18.8 Å². The molecule has 3 rings (SSSR count). The molecule has 10 heteroatoms. The van der Waals surface area contributed by atoms with Gasteiger partial charge in [0.2, 0.25) is 11.8 Å². The fourth-order valence-corrected chi connectivity index (χ4v) is 4.56. The number of nitrogens with one attached hydrogen (secondary N) is 2. The third-order valence-corrected chi connectivity index (χ3v) is 6.70. The van der Waals surface area contributed by atoms with Crippen LogP contribution in [0.2, 0.25) is 0 Å². The molecule has 2 amide bonds. The highest BCUT2D eigenvalue weighted by molar-refractivity contribution is 7.90. The summed E-state index contributed by atoms with van der Waals surface area (Å²) in [6.45, 7) is 5.49. The molecule has 1 aliphatic heterocycles. The van der Waals surface area contributed by atoms with Crippen LogP contribution >= 0.6 is 0 Å². The molecule has 32 heavy (non-hydrogen) atoms. The van der Waals surface area contributed by atoms with E-state index in [1.165, 1.54) is 18.0 Å². The molecule has 2 atom stereocenters. The fourth-order valence-electron chi connectivity index (χ4n) is 3.32. The number of hydrogen-bond acceptors (Lipinski definition) is 6. The zero-order valence-corrected chi connectivity index (χ0v) is 19.3. The normalized spacial score (nSPS) is 17.2. The van der Waals surface area contributed by atoms with Crippen LogP contribution in [0.3, 0.4) is 0 Å². The van der Waals surface area contributed by atoms with Crippen molar-refractivity contribution in [3.8, 4) is 0 Å². The first-order chi connectivity index (χ1) is 15.1. The Kier molecular flexibility index (Phi) is 6.93. The van der Waals surface area contributed by atoms with Gasteiger partial charge in [-0.3, -0.25) is 19.3 Å². The maximum Gasteiger partial charge on any atom is 0.263 e. The Bertz CT molecular complexity index is 1160. The lowest BCUT2D eigenvalue weighted by molar-refractivity contribution is -0.135. The van der Waals surface area contributed by atoms with E-state index in [9.17, 15) is 18.0 Å². The van der Waals surface area contributed by atoms with E-state index >= 15 is 0 Å². The molecule has 1 aromatic heterocycles. The zero-order valence-electron chi connectivity index (χ0n) is 18.5. The van der Waals surface area contributed by atoms with Gasteiger partial charge in [0.05, 0.1) is 11.4 Å². The molecule has 2 N–H and O–H groups in total. The number of hydrogen-bond donors (Lipinski definition) is 2. The number of carbonyl (C=O) groups is 2. The van der Waals surface area contributed by atoms with Crippen molar-refractivity contribution in [1.29, 1.82) is 0 Å². The van der Waals surface area contributed by atoms with Crippen LogP contribution in [0.5, 0.6) is 0 Å². The van der Waals surface area contributed by atoms with Crippen molar-refractivity contribution in [3.05, 3.63) is 53.7 Å². The predicted octanol–water partition coefficient (Wildman–Crippen LogP) is 1.94. The van der Waals surface area contributed by atoms with Gasteiger partial charge < -0.3 is 10.2 Å². The fraction of sp³-hybridized carbons (Fsp3) is 0.364. The summed E-state index contributed by atoms with van der Waals surface area (Å²) in [5.74, 6) is -0.381. The number of pyridine rings is 1. The molecule has 2 aromatic rings. The largest absolute Gasteiger partial charge is 0.335 e. The van der Waals surface area contributed by atoms with Crippen LogP contribution in [-0.4, -0.2) is 55.6 Å². The van der Waals surface area contributed by atoms with Crippen LogP contribution in [-0.2, 0) is 19.6 Å². The van der Waals surface area contributed by atoms with Crippen LogP contribution in [0, 0.1) is 12.8 Å². The molecular formula is C22H27N5O4S. The standard InChI is InChI=1S/C22H27N5O4S/c1-5-15(3)20(25-21-16-8-6-7-9-17(16)32(30,31)26-21)22(29)27(4)13-19(28)24-18-12-14(2)10-11-23-18/h6-12,15,20H,5,13H2,1-4H3,(H,25,26)(H,23,24,28)/t15-,20-/m0/s1. The Morgan fingerprint density at radius 2 is 1.97 bits per heavy atom. The predicted molar refractivity (Wildman–Crippen MR) is 122 cm³/mol. The van der Waals surface area contributed by atoms with Crippen molar-refractivity contribution in [2.24, 2.45) is 10.9 Å². The summed E-state index contributed by atoms with van der Waals surface area (Å²) in [5, 5.41) is 2.68. The van der Waals surface area contributed by atoms with E-state index in [2.05, 4.69) is 20.0 Å². The number of amides is 2. The number of carbonyl (C=O) groups excluding carboxylic acids is 2. The van der Waals surface area contributed by atoms with E-state index in [-0.39, 0.29) is 35.0 Å². The molecule has 0 spiro atoms. The average molecular weight is 458 g/mol.